The van der Waals surface area contributed by atoms with Crippen LogP contribution in [0.5, 0.6) is 0 Å². The summed E-state index contributed by atoms with van der Waals surface area (Å²) in [5.74, 6) is 0.403. The van der Waals surface area contributed by atoms with Gasteiger partial charge in [0, 0.05) is 144 Å². The Kier molecular flexibility index (Phi) is 30.7. The average Bonchev–Trinajstić information content (AvgIpc) is 1.50. The van der Waals surface area contributed by atoms with Crippen LogP contribution in [0, 0.1) is 91.9 Å². The minimum Gasteiger partial charge on any atom is -0.348 e. The van der Waals surface area contributed by atoms with Crippen molar-refractivity contribution in [3.8, 4) is 0 Å². The standard InChI is InChI=1S/C25H22F2N6O2S.2C25H29FN6O2S.C23H28N6O2S/c1-13(16-8-17(26)10-28-9-16)29-25-31-21(22-23(32-25)30-14(2)36-22)24(35)33-11-15(12-33)7-20(34)18-5-3-4-6-19(18)27;1-14(18-9-19(26)11-27-10-18)28-25-30-21(22-23(31-25)29-15(2)35-22)24(34)32-12-17(13-32)8-20(33)7-16-5-3-4-6-16;1-14(18-9-19(26)11-27-10-18)28-25-30-21(22-23(31-25)29-15(2)35-22)24(34)32-12-16(13-32)8-20(33)17-6-4-3-5-7-17;1-13(16-8-6-7-9-24-16)25-22-27-18(19-20(28-22)26-14(2)32-19)21(31)29-11-15(12-29)10-17(30)23(3,4)5/h3-6,8-10,13,15H,7,11-12H2,1-2H3,(H,29,31,32);2*9-11,14,16-17H,3-8,12-13H2,1-2H3,(H,28,30,31);6-9,13,15H,10-12H2,1-5H3,(H,25,27,28). The molecule has 4 saturated heterocycles. The Morgan fingerprint density at radius 3 is 1.09 bits per heavy atom. The zero-order valence-electron chi connectivity index (χ0n) is 78.5. The van der Waals surface area contributed by atoms with Crippen LogP contribution in [0.2, 0.25) is 0 Å². The smallest absolute Gasteiger partial charge is 0.274 e. The largest absolute Gasteiger partial charge is 0.348 e. The van der Waals surface area contributed by atoms with Gasteiger partial charge in [-0.2, -0.15) is 19.9 Å². The molecule has 4 N–H and O–H groups in total. The Hall–Kier alpha value is -12.8. The predicted molar refractivity (Wildman–Crippen MR) is 519 cm³/mol. The van der Waals surface area contributed by atoms with Crippen molar-refractivity contribution < 1.29 is 55.9 Å². The summed E-state index contributed by atoms with van der Waals surface area (Å²) in [6.45, 7) is 24.8. The molecule has 0 bridgehead atoms. The molecule has 138 heavy (non-hydrogen) atoms. The number of amides is 4. The number of halogens is 4. The molecule has 4 aliphatic heterocycles. The molecule has 12 aromatic heterocycles. The van der Waals surface area contributed by atoms with Gasteiger partial charge in [-0.15, -0.1) is 45.3 Å². The Morgan fingerprint density at radius 1 is 0.391 bits per heavy atom. The van der Waals surface area contributed by atoms with Crippen molar-refractivity contribution in [2.75, 3.05) is 73.6 Å². The van der Waals surface area contributed by atoms with Crippen LogP contribution in [-0.2, 0) is 14.4 Å². The second kappa shape index (κ2) is 43.1. The molecule has 16 heterocycles. The van der Waals surface area contributed by atoms with E-state index in [1.807, 2.05) is 94.4 Å². The lowest BCUT2D eigenvalue weighted by Crippen LogP contribution is -2.51. The minimum absolute atomic E-state index is 0.0559. The normalized spacial score (nSPS) is 16.3. The number of Topliss-reactive ketones (excluding diaryl/α,β-unsaturated/α-hetero) is 4. The first-order valence-electron chi connectivity index (χ1n) is 46.5. The monoisotopic (exact) mass is 1950 g/mol. The van der Waals surface area contributed by atoms with Gasteiger partial charge in [0.25, 0.3) is 23.6 Å². The molecule has 6 aliphatic rings. The number of thiazole rings is 4. The molecule has 6 fully saturated rings. The van der Waals surface area contributed by atoms with Gasteiger partial charge in [-0.1, -0.05) is 83.9 Å². The first kappa shape index (κ1) is 98.2. The lowest BCUT2D eigenvalue weighted by molar-refractivity contribution is -0.128. The third-order valence-corrected chi connectivity index (χ3v) is 29.3. The summed E-state index contributed by atoms with van der Waals surface area (Å²) in [6.07, 6.45) is 22.7. The fourth-order valence-corrected chi connectivity index (χ4v) is 21.1. The third-order valence-electron chi connectivity index (χ3n) is 25.4. The number of aromatic nitrogens is 16. The number of carbonyl (C=O) groups excluding carboxylic acids is 8. The number of hydrogen-bond donors (Lipinski definition) is 4. The molecule has 4 amide bonds. The molecule has 32 nitrogen and oxygen atoms in total. The minimum atomic E-state index is -0.540. The summed E-state index contributed by atoms with van der Waals surface area (Å²) < 4.78 is 57.3. The Morgan fingerprint density at radius 2 is 0.732 bits per heavy atom. The lowest BCUT2D eigenvalue weighted by atomic mass is 9.81. The second-order valence-electron chi connectivity index (χ2n) is 37.5. The molecule has 1 aromatic carbocycles. The molecule has 19 rings (SSSR count). The van der Waals surface area contributed by atoms with Gasteiger partial charge < -0.3 is 40.9 Å². The van der Waals surface area contributed by atoms with Gasteiger partial charge in [-0.05, 0) is 133 Å². The highest BCUT2D eigenvalue weighted by Gasteiger charge is 2.42. The maximum Gasteiger partial charge on any atom is 0.274 e. The molecular weight excluding hydrogens is 1850 g/mol. The SMILES string of the molecule is Cc1nc2nc(NC(C)c3ccccn3)nc(C(=O)N3CC(CC(=O)C(C)(C)C)C3)c2s1.Cc1nc2nc(NC(C)c3cncc(F)c3)nc(C(=O)N3CC(CC(=O)C4CCCCC4)C3)c2s1.Cc1nc2nc(NC(C)c3cncc(F)c3)nc(C(=O)N3CC(CC(=O)CC4CCCC4)C3)c2s1.Cc1nc2nc(NC(C)c3cncc(F)c3)nc(C(=O)N3CC(CC(=O)c4ccccc4F)C3)c2s1. The van der Waals surface area contributed by atoms with Crippen LogP contribution in [0.15, 0.2) is 104 Å². The van der Waals surface area contributed by atoms with Gasteiger partial charge in [-0.25, -0.2) is 57.4 Å². The molecule has 720 valence electrons. The van der Waals surface area contributed by atoms with E-state index in [4.69, 9.17) is 0 Å². The Balaban J connectivity index is 0.000000133. The second-order valence-corrected chi connectivity index (χ2v) is 42.4. The van der Waals surface area contributed by atoms with Crippen molar-refractivity contribution >= 4 is 157 Å². The van der Waals surface area contributed by atoms with Crippen molar-refractivity contribution in [1.29, 1.82) is 0 Å². The first-order valence-corrected chi connectivity index (χ1v) is 49.8. The number of ketones is 4. The van der Waals surface area contributed by atoms with Crippen molar-refractivity contribution in [3.05, 3.63) is 198 Å². The number of anilines is 4. The van der Waals surface area contributed by atoms with Crippen LogP contribution in [0.3, 0.4) is 0 Å². The summed E-state index contributed by atoms with van der Waals surface area (Å²) in [5, 5.41) is 15.8. The topological polar surface area (TPSA) is 404 Å². The molecule has 2 aliphatic carbocycles. The van der Waals surface area contributed by atoms with Gasteiger partial charge in [0.2, 0.25) is 23.8 Å². The molecule has 13 aromatic rings. The number of aryl methyl sites for hydroxylation is 4. The Bertz CT molecular complexity index is 6700. The molecule has 2 saturated carbocycles. The fourth-order valence-electron chi connectivity index (χ4n) is 17.8. The lowest BCUT2D eigenvalue weighted by Gasteiger charge is -2.39. The fraction of sp³-hybridized carbons (Fsp3) is 0.449. The summed E-state index contributed by atoms with van der Waals surface area (Å²) in [4.78, 5) is 180. The van der Waals surface area contributed by atoms with E-state index in [-0.39, 0.29) is 130 Å². The molecule has 0 radical (unpaired) electrons. The number of benzene rings is 1. The van der Waals surface area contributed by atoms with Crippen molar-refractivity contribution in [1.82, 2.24) is 99.3 Å². The van der Waals surface area contributed by atoms with Crippen LogP contribution >= 0.6 is 45.3 Å². The zero-order chi connectivity index (χ0) is 97.5. The highest BCUT2D eigenvalue weighted by molar-refractivity contribution is 7.20. The number of rotatable bonds is 28. The number of nitrogens with zero attached hydrogens (tertiary/aromatic N) is 20. The van der Waals surface area contributed by atoms with E-state index in [0.717, 1.165) is 70.0 Å². The van der Waals surface area contributed by atoms with Gasteiger partial charge in [-0.3, -0.25) is 58.3 Å². The van der Waals surface area contributed by atoms with Crippen LogP contribution in [0.25, 0.3) is 41.4 Å². The quantitative estimate of drug-likeness (QED) is 0.0261. The van der Waals surface area contributed by atoms with Crippen molar-refractivity contribution in [3.63, 3.8) is 0 Å². The zero-order valence-corrected chi connectivity index (χ0v) is 81.8. The summed E-state index contributed by atoms with van der Waals surface area (Å²) in [7, 11) is 0. The number of hydrogen-bond acceptors (Lipinski definition) is 32. The van der Waals surface area contributed by atoms with Crippen LogP contribution in [0.4, 0.5) is 41.4 Å². The molecule has 0 spiro atoms. The summed E-state index contributed by atoms with van der Waals surface area (Å²) in [6, 6.07) is 14.6. The highest BCUT2D eigenvalue weighted by Crippen LogP contribution is 2.39. The van der Waals surface area contributed by atoms with Crippen LogP contribution in [-0.4, -0.2) is 198 Å². The number of carbonyl (C=O) groups is 8. The van der Waals surface area contributed by atoms with Crippen molar-refractivity contribution in [2.24, 2.45) is 40.9 Å². The molecular formula is C98H108F4N24O8S4. The number of pyridine rings is 4. The van der Waals surface area contributed by atoms with E-state index in [9.17, 15) is 55.9 Å². The molecule has 4 unspecified atom stereocenters. The summed E-state index contributed by atoms with van der Waals surface area (Å²) in [5.41, 5.74) is 5.49. The first-order chi connectivity index (χ1) is 66.1. The number of likely N-dealkylation sites (tertiary alicyclic amines) is 4. The number of nitrogens with one attached hydrogen (secondary N) is 4. The van der Waals surface area contributed by atoms with Gasteiger partial charge in [0.1, 0.15) is 59.4 Å². The van der Waals surface area contributed by atoms with Crippen LogP contribution in [0.1, 0.15) is 257 Å². The van der Waals surface area contributed by atoms with E-state index < -0.39 is 23.3 Å². The van der Waals surface area contributed by atoms with E-state index in [1.54, 1.807) is 56.5 Å². The summed E-state index contributed by atoms with van der Waals surface area (Å²) >= 11 is 5.53. The van der Waals surface area contributed by atoms with Gasteiger partial charge in [0.05, 0.1) is 74.0 Å². The van der Waals surface area contributed by atoms with E-state index in [1.165, 1.54) is 108 Å². The maximum absolute atomic E-state index is 13.9. The maximum atomic E-state index is 13.9. The Labute approximate surface area is 810 Å². The average molecular weight is 1950 g/mol. The highest BCUT2D eigenvalue weighted by atomic mass is 32.1. The third kappa shape index (κ3) is 23.9. The van der Waals surface area contributed by atoms with E-state index in [2.05, 4.69) is 101 Å². The number of fused-ring (bicyclic) bond motifs is 4. The van der Waals surface area contributed by atoms with Gasteiger partial charge >= 0.3 is 0 Å². The van der Waals surface area contributed by atoms with E-state index in [0.29, 0.717) is 177 Å². The van der Waals surface area contributed by atoms with Crippen LogP contribution < -0.4 is 21.3 Å². The predicted octanol–water partition coefficient (Wildman–Crippen LogP) is 18.1. The molecule has 40 heteroatoms. The van der Waals surface area contributed by atoms with Gasteiger partial charge in [0.15, 0.2) is 51.1 Å². The molecule has 4 atom stereocenters. The van der Waals surface area contributed by atoms with E-state index >= 15 is 0 Å². The van der Waals surface area contributed by atoms with Crippen molar-refractivity contribution in [2.45, 2.75) is 190 Å².